The van der Waals surface area contributed by atoms with Crippen molar-refractivity contribution in [3.8, 4) is 6.07 Å². The topological polar surface area (TPSA) is 44.0 Å². The van der Waals surface area contributed by atoms with Crippen molar-refractivity contribution in [1.29, 1.82) is 5.26 Å². The fourth-order valence-electron chi connectivity index (χ4n) is 0.839. The van der Waals surface area contributed by atoms with Crippen LogP contribution in [0, 0.1) is 11.3 Å². The van der Waals surface area contributed by atoms with Crippen molar-refractivity contribution in [1.82, 2.24) is 0 Å². The molecule has 1 heterocycles. The lowest BCUT2D eigenvalue weighted by molar-refractivity contribution is 0.196. The zero-order chi connectivity index (χ0) is 8.27. The van der Waals surface area contributed by atoms with Gasteiger partial charge in [0, 0.05) is 11.3 Å². The van der Waals surface area contributed by atoms with Crippen LogP contribution < -0.4 is 0 Å². The van der Waals surface area contributed by atoms with Crippen molar-refractivity contribution in [2.24, 2.45) is 0 Å². The molecule has 0 spiro atoms. The van der Waals surface area contributed by atoms with Crippen LogP contribution in [-0.2, 0) is 6.42 Å². The van der Waals surface area contributed by atoms with E-state index in [1.807, 2.05) is 6.07 Å². The van der Waals surface area contributed by atoms with Crippen LogP contribution >= 0.6 is 11.3 Å². The summed E-state index contributed by atoms with van der Waals surface area (Å²) in [5.41, 5.74) is 0. The highest BCUT2D eigenvalue weighted by Crippen LogP contribution is 2.16. The quantitative estimate of drug-likeness (QED) is 0.726. The van der Waals surface area contributed by atoms with Crippen LogP contribution in [-0.4, -0.2) is 11.2 Å². The Morgan fingerprint density at radius 2 is 2.45 bits per heavy atom. The van der Waals surface area contributed by atoms with Crippen molar-refractivity contribution < 1.29 is 5.11 Å². The van der Waals surface area contributed by atoms with Crippen LogP contribution in [0.15, 0.2) is 12.1 Å². The molecule has 0 aromatic carbocycles. The lowest BCUT2D eigenvalue weighted by Gasteiger charge is -1.98. The number of rotatable bonds is 2. The summed E-state index contributed by atoms with van der Waals surface area (Å²) in [4.78, 5) is 1.78. The van der Waals surface area contributed by atoms with Gasteiger partial charge in [-0.1, -0.05) is 0 Å². The Bertz CT molecular complexity index is 272. The first-order valence-electron chi connectivity index (χ1n) is 3.39. The van der Waals surface area contributed by atoms with Gasteiger partial charge in [-0.05, 0) is 19.1 Å². The maximum Gasteiger partial charge on any atom is 0.110 e. The van der Waals surface area contributed by atoms with E-state index in [2.05, 4.69) is 6.07 Å². The molecule has 1 atom stereocenters. The fourth-order valence-corrected chi connectivity index (χ4v) is 1.76. The fraction of sp³-hybridized carbons (Fsp3) is 0.375. The first-order chi connectivity index (χ1) is 5.22. The number of aliphatic hydroxyl groups is 1. The zero-order valence-electron chi connectivity index (χ0n) is 6.24. The standard InChI is InChI=1S/C8H9NOS/c1-6(10)4-7-2-3-8(5-9)11-7/h2-3,6,10H,4H2,1H3. The van der Waals surface area contributed by atoms with E-state index in [0.717, 1.165) is 4.88 Å². The Labute approximate surface area is 69.7 Å². The summed E-state index contributed by atoms with van der Waals surface area (Å²) < 4.78 is 0. The number of hydrogen-bond donors (Lipinski definition) is 1. The maximum absolute atomic E-state index is 9.01. The SMILES string of the molecule is CC(O)Cc1ccc(C#N)s1. The summed E-state index contributed by atoms with van der Waals surface area (Å²) >= 11 is 1.44. The Kier molecular flexibility index (Phi) is 2.64. The second-order valence-electron chi connectivity index (χ2n) is 2.43. The van der Waals surface area contributed by atoms with E-state index in [1.54, 1.807) is 13.0 Å². The third-order valence-electron chi connectivity index (χ3n) is 1.27. The molecular weight excluding hydrogens is 158 g/mol. The molecule has 0 bridgehead atoms. The number of aliphatic hydroxyl groups excluding tert-OH is 1. The van der Waals surface area contributed by atoms with E-state index < -0.39 is 0 Å². The summed E-state index contributed by atoms with van der Waals surface area (Å²) in [6.07, 6.45) is 0.326. The molecular formula is C8H9NOS. The molecule has 0 saturated heterocycles. The summed E-state index contributed by atoms with van der Waals surface area (Å²) in [5, 5.41) is 17.5. The summed E-state index contributed by atoms with van der Waals surface area (Å²) in [5.74, 6) is 0. The number of thiophene rings is 1. The smallest absolute Gasteiger partial charge is 0.110 e. The van der Waals surface area contributed by atoms with Crippen LogP contribution in [0.1, 0.15) is 16.7 Å². The Balaban J connectivity index is 2.67. The van der Waals surface area contributed by atoms with Crippen LogP contribution in [0.4, 0.5) is 0 Å². The predicted molar refractivity (Wildman–Crippen MR) is 44.4 cm³/mol. The Morgan fingerprint density at radius 1 is 1.73 bits per heavy atom. The van der Waals surface area contributed by atoms with Crippen LogP contribution in [0.2, 0.25) is 0 Å². The highest BCUT2D eigenvalue weighted by Gasteiger charge is 2.01. The molecule has 0 amide bonds. The van der Waals surface area contributed by atoms with E-state index in [9.17, 15) is 0 Å². The minimum absolute atomic E-state index is 0.319. The molecule has 0 fully saturated rings. The van der Waals surface area contributed by atoms with E-state index >= 15 is 0 Å². The highest BCUT2D eigenvalue weighted by atomic mass is 32.1. The molecule has 1 unspecified atom stereocenters. The third-order valence-corrected chi connectivity index (χ3v) is 2.28. The highest BCUT2D eigenvalue weighted by molar-refractivity contribution is 7.12. The van der Waals surface area contributed by atoms with Gasteiger partial charge in [0.2, 0.25) is 0 Å². The average Bonchev–Trinajstić information content (AvgIpc) is 2.34. The molecule has 1 rings (SSSR count). The predicted octanol–water partition coefficient (Wildman–Crippen LogP) is 1.54. The van der Waals surface area contributed by atoms with Crippen LogP contribution in [0.5, 0.6) is 0 Å². The molecule has 2 nitrogen and oxygen atoms in total. The largest absolute Gasteiger partial charge is 0.393 e. The second-order valence-corrected chi connectivity index (χ2v) is 3.60. The van der Waals surface area contributed by atoms with Gasteiger partial charge in [0.25, 0.3) is 0 Å². The van der Waals surface area contributed by atoms with Crippen LogP contribution in [0.3, 0.4) is 0 Å². The maximum atomic E-state index is 9.01. The summed E-state index contributed by atoms with van der Waals surface area (Å²) in [7, 11) is 0. The van der Waals surface area contributed by atoms with E-state index in [-0.39, 0.29) is 6.10 Å². The lowest BCUT2D eigenvalue weighted by Crippen LogP contribution is -2.01. The van der Waals surface area contributed by atoms with E-state index in [1.165, 1.54) is 11.3 Å². The van der Waals surface area contributed by atoms with Crippen molar-refractivity contribution in [2.75, 3.05) is 0 Å². The molecule has 0 aliphatic rings. The second kappa shape index (κ2) is 3.51. The number of hydrogen-bond acceptors (Lipinski definition) is 3. The minimum Gasteiger partial charge on any atom is -0.393 e. The van der Waals surface area contributed by atoms with Gasteiger partial charge in [-0.25, -0.2) is 0 Å². The molecule has 11 heavy (non-hydrogen) atoms. The molecule has 0 aliphatic heterocycles. The van der Waals surface area contributed by atoms with Crippen molar-refractivity contribution in [2.45, 2.75) is 19.4 Å². The normalized spacial score (nSPS) is 12.5. The zero-order valence-corrected chi connectivity index (χ0v) is 7.06. The molecule has 0 aliphatic carbocycles. The molecule has 1 aromatic rings. The number of nitrogens with zero attached hydrogens (tertiary/aromatic N) is 1. The van der Waals surface area contributed by atoms with Gasteiger partial charge < -0.3 is 5.11 Å². The summed E-state index contributed by atoms with van der Waals surface area (Å²) in [6, 6.07) is 5.72. The Hall–Kier alpha value is -0.850. The first kappa shape index (κ1) is 8.25. The molecule has 0 saturated carbocycles. The minimum atomic E-state index is -0.319. The van der Waals surface area contributed by atoms with E-state index in [4.69, 9.17) is 10.4 Å². The van der Waals surface area contributed by atoms with Crippen molar-refractivity contribution in [3.05, 3.63) is 21.9 Å². The van der Waals surface area contributed by atoms with Crippen molar-refractivity contribution in [3.63, 3.8) is 0 Å². The van der Waals surface area contributed by atoms with Gasteiger partial charge in [-0.3, -0.25) is 0 Å². The molecule has 1 aromatic heterocycles. The van der Waals surface area contributed by atoms with Gasteiger partial charge in [-0.15, -0.1) is 11.3 Å². The van der Waals surface area contributed by atoms with Gasteiger partial charge in [0.1, 0.15) is 10.9 Å². The number of nitriles is 1. The third kappa shape index (κ3) is 2.34. The average molecular weight is 167 g/mol. The molecule has 1 N–H and O–H groups in total. The van der Waals surface area contributed by atoms with Gasteiger partial charge in [0.15, 0.2) is 0 Å². The van der Waals surface area contributed by atoms with Crippen molar-refractivity contribution >= 4 is 11.3 Å². The first-order valence-corrected chi connectivity index (χ1v) is 4.21. The van der Waals surface area contributed by atoms with Crippen LogP contribution in [0.25, 0.3) is 0 Å². The molecule has 3 heteroatoms. The van der Waals surface area contributed by atoms with Gasteiger partial charge >= 0.3 is 0 Å². The monoisotopic (exact) mass is 167 g/mol. The molecule has 58 valence electrons. The van der Waals surface area contributed by atoms with E-state index in [0.29, 0.717) is 11.3 Å². The molecule has 0 radical (unpaired) electrons. The van der Waals surface area contributed by atoms with Gasteiger partial charge in [0.05, 0.1) is 6.10 Å². The van der Waals surface area contributed by atoms with Gasteiger partial charge in [-0.2, -0.15) is 5.26 Å². The Morgan fingerprint density at radius 3 is 2.91 bits per heavy atom. The lowest BCUT2D eigenvalue weighted by atomic mass is 10.2. The summed E-state index contributed by atoms with van der Waals surface area (Å²) in [6.45, 7) is 1.74.